The van der Waals surface area contributed by atoms with Gasteiger partial charge in [0, 0.05) is 19.3 Å². The number of ether oxygens (including phenoxy) is 3. The number of esters is 3. The van der Waals surface area contributed by atoms with Crippen LogP contribution in [0.5, 0.6) is 0 Å². The van der Waals surface area contributed by atoms with Gasteiger partial charge in [0.05, 0.1) is 19.8 Å². The SMILES string of the molecule is CC/C=C\C/C=C\C/C=C\C/C=C\C/C=C\C/C=C\CCC(=O)OC(COC(=O)CCCCCCCC/C=C\C/C=C\C/C=C\CCCCC)COP(=O)(O)OCC(CO)OC(=O)CCCCCCCCCCCCCCCCCCCCC. The van der Waals surface area contributed by atoms with Crippen LogP contribution in [-0.2, 0) is 42.2 Å². The summed E-state index contributed by atoms with van der Waals surface area (Å²) in [7, 11) is -4.78. The number of rotatable bonds is 62. The van der Waals surface area contributed by atoms with Gasteiger partial charge in [-0.05, 0) is 96.3 Å². The number of unbranched alkanes of at least 4 members (excludes halogenated alkanes) is 27. The minimum Gasteiger partial charge on any atom is -0.462 e. The Balaban J connectivity index is 4.79. The molecule has 482 valence electrons. The van der Waals surface area contributed by atoms with E-state index in [1.165, 1.54) is 122 Å². The minimum atomic E-state index is -4.78. The molecule has 0 bridgehead atoms. The molecule has 84 heavy (non-hydrogen) atoms. The molecule has 0 heterocycles. The highest BCUT2D eigenvalue weighted by molar-refractivity contribution is 7.47. The molecule has 0 rings (SSSR count). The number of hydrogen-bond acceptors (Lipinski definition) is 10. The molecular formula is C72H123O11P. The summed E-state index contributed by atoms with van der Waals surface area (Å²) in [4.78, 5) is 48.8. The quantitative estimate of drug-likeness (QED) is 0.0197. The fourth-order valence-electron chi connectivity index (χ4n) is 9.10. The first-order valence-electron chi connectivity index (χ1n) is 33.8. The first kappa shape index (κ1) is 80.1. The lowest BCUT2D eigenvalue weighted by molar-refractivity contribution is -0.161. The number of carbonyl (C=O) groups is 3. The molecule has 0 saturated carbocycles. The Morgan fingerprint density at radius 2 is 0.643 bits per heavy atom. The third-order valence-corrected chi connectivity index (χ3v) is 15.1. The van der Waals surface area contributed by atoms with Crippen molar-refractivity contribution in [1.29, 1.82) is 0 Å². The minimum absolute atomic E-state index is 0.0357. The van der Waals surface area contributed by atoms with Gasteiger partial charge < -0.3 is 24.2 Å². The van der Waals surface area contributed by atoms with Crippen molar-refractivity contribution in [3.05, 3.63) is 109 Å². The van der Waals surface area contributed by atoms with Gasteiger partial charge in [-0.15, -0.1) is 0 Å². The number of phosphoric acid groups is 1. The monoisotopic (exact) mass is 1190 g/mol. The van der Waals surface area contributed by atoms with Gasteiger partial charge in [0.25, 0.3) is 0 Å². The molecule has 0 saturated heterocycles. The van der Waals surface area contributed by atoms with Gasteiger partial charge in [-0.2, -0.15) is 0 Å². The van der Waals surface area contributed by atoms with Crippen LogP contribution in [0.15, 0.2) is 109 Å². The van der Waals surface area contributed by atoms with Crippen LogP contribution in [0.25, 0.3) is 0 Å². The summed E-state index contributed by atoms with van der Waals surface area (Å²) in [5.41, 5.74) is 0. The number of hydrogen-bond donors (Lipinski definition) is 2. The van der Waals surface area contributed by atoms with Crippen molar-refractivity contribution < 1.29 is 52.2 Å². The average molecular weight is 1200 g/mol. The first-order chi connectivity index (χ1) is 41.2. The third-order valence-electron chi connectivity index (χ3n) is 14.2. The maximum absolute atomic E-state index is 13.0. The van der Waals surface area contributed by atoms with Gasteiger partial charge >= 0.3 is 25.7 Å². The summed E-state index contributed by atoms with van der Waals surface area (Å²) in [5.74, 6) is -1.58. The van der Waals surface area contributed by atoms with Crippen LogP contribution in [0, 0.1) is 0 Å². The molecule has 12 heteroatoms. The second kappa shape index (κ2) is 65.1. The molecule has 0 aromatic heterocycles. The summed E-state index contributed by atoms with van der Waals surface area (Å²) in [6.45, 7) is 4.45. The molecular weight excluding hydrogens is 1070 g/mol. The number of aliphatic hydroxyl groups excluding tert-OH is 1. The zero-order valence-electron chi connectivity index (χ0n) is 53.6. The molecule has 0 aliphatic heterocycles. The smallest absolute Gasteiger partial charge is 0.462 e. The summed E-state index contributed by atoms with van der Waals surface area (Å²) in [6.07, 6.45) is 80.5. The van der Waals surface area contributed by atoms with E-state index in [9.17, 15) is 28.9 Å². The number of phosphoric ester groups is 1. The summed E-state index contributed by atoms with van der Waals surface area (Å²) < 4.78 is 39.7. The van der Waals surface area contributed by atoms with E-state index in [1.807, 2.05) is 12.2 Å². The maximum atomic E-state index is 13.0. The van der Waals surface area contributed by atoms with Gasteiger partial charge in [0.2, 0.25) is 0 Å². The van der Waals surface area contributed by atoms with E-state index in [4.69, 9.17) is 23.3 Å². The Morgan fingerprint density at radius 3 is 1.05 bits per heavy atom. The van der Waals surface area contributed by atoms with Gasteiger partial charge in [-0.25, -0.2) is 4.57 Å². The number of carbonyl (C=O) groups excluding carboxylic acids is 3. The molecule has 3 atom stereocenters. The third kappa shape index (κ3) is 62.7. The standard InChI is InChI=1S/C72H123O11P/c1-4-7-10-13-16-19-22-25-28-31-34-37-40-43-46-49-52-55-58-61-70(74)79-65-69(83-72(76)63-60-57-54-51-48-45-42-39-36-33-30-27-24-21-18-15-12-9-6-3)67-81-84(77,78)80-66-68(64-73)82-71(75)62-59-56-53-50-47-44-41-38-35-32-29-26-23-20-17-14-11-8-5-2/h9,12,16,18-19,21,25,27-28,30,34,36-37,39,45,48,54,57,68-69,73H,4-8,10-11,13-15,17,20,22-24,26,29,31-33,35,38,40-44,46-47,49-53,55-56,58-67H2,1-3H3,(H,77,78)/b12-9-,19-16-,21-18-,28-25-,30-27-,37-34-,39-36-,48-45-,57-54-. The topological polar surface area (TPSA) is 155 Å². The van der Waals surface area contributed by atoms with Crippen LogP contribution in [0.2, 0.25) is 0 Å². The zero-order valence-corrected chi connectivity index (χ0v) is 54.5. The summed E-state index contributed by atoms with van der Waals surface area (Å²) in [6, 6.07) is 0. The molecule has 11 nitrogen and oxygen atoms in total. The van der Waals surface area contributed by atoms with Crippen LogP contribution < -0.4 is 0 Å². The van der Waals surface area contributed by atoms with E-state index in [1.54, 1.807) is 0 Å². The first-order valence-corrected chi connectivity index (χ1v) is 35.3. The second-order valence-corrected chi connectivity index (χ2v) is 23.7. The Hall–Kier alpha value is -3.86. The van der Waals surface area contributed by atoms with E-state index in [0.29, 0.717) is 25.7 Å². The van der Waals surface area contributed by atoms with Crippen molar-refractivity contribution in [1.82, 2.24) is 0 Å². The Labute approximate surface area is 514 Å². The van der Waals surface area contributed by atoms with Crippen LogP contribution in [-0.4, -0.2) is 66.5 Å². The molecule has 0 aliphatic rings. The predicted molar refractivity (Wildman–Crippen MR) is 353 cm³/mol. The Bertz CT molecular complexity index is 1830. The van der Waals surface area contributed by atoms with E-state index in [0.717, 1.165) is 103 Å². The normalized spacial score (nSPS) is 13.9. The van der Waals surface area contributed by atoms with Gasteiger partial charge in [-0.1, -0.05) is 284 Å². The van der Waals surface area contributed by atoms with Crippen molar-refractivity contribution in [3.63, 3.8) is 0 Å². The average Bonchev–Trinajstić information content (AvgIpc) is 3.53. The fraction of sp³-hybridized carbons (Fsp3) is 0.708. The molecule has 0 amide bonds. The lowest BCUT2D eigenvalue weighted by Crippen LogP contribution is -2.30. The highest BCUT2D eigenvalue weighted by Crippen LogP contribution is 2.43. The second-order valence-electron chi connectivity index (χ2n) is 22.3. The molecule has 0 aromatic rings. The van der Waals surface area contributed by atoms with Crippen molar-refractivity contribution in [2.45, 2.75) is 303 Å². The number of aliphatic hydroxyl groups is 1. The van der Waals surface area contributed by atoms with Crippen LogP contribution in [0.1, 0.15) is 290 Å². The van der Waals surface area contributed by atoms with Gasteiger partial charge in [0.1, 0.15) is 12.7 Å². The van der Waals surface area contributed by atoms with Crippen molar-refractivity contribution in [3.8, 4) is 0 Å². The molecule has 0 fully saturated rings. The molecule has 2 N–H and O–H groups in total. The lowest BCUT2D eigenvalue weighted by Gasteiger charge is -2.21. The van der Waals surface area contributed by atoms with E-state index >= 15 is 0 Å². The predicted octanol–water partition coefficient (Wildman–Crippen LogP) is 20.9. The molecule has 3 unspecified atom stereocenters. The van der Waals surface area contributed by atoms with Crippen molar-refractivity contribution in [2.75, 3.05) is 26.4 Å². The zero-order chi connectivity index (χ0) is 61.2. The van der Waals surface area contributed by atoms with Gasteiger partial charge in [-0.3, -0.25) is 23.4 Å². The van der Waals surface area contributed by atoms with E-state index in [-0.39, 0.29) is 25.9 Å². The van der Waals surface area contributed by atoms with Crippen molar-refractivity contribution in [2.24, 2.45) is 0 Å². The molecule has 0 spiro atoms. The Kier molecular flexibility index (Phi) is 62.1. The van der Waals surface area contributed by atoms with E-state index in [2.05, 4.69) is 118 Å². The molecule has 0 radical (unpaired) electrons. The van der Waals surface area contributed by atoms with Gasteiger partial charge in [0.15, 0.2) is 6.10 Å². The van der Waals surface area contributed by atoms with Crippen LogP contribution >= 0.6 is 7.82 Å². The largest absolute Gasteiger partial charge is 0.472 e. The highest BCUT2D eigenvalue weighted by Gasteiger charge is 2.28. The maximum Gasteiger partial charge on any atom is 0.472 e. The van der Waals surface area contributed by atoms with Crippen LogP contribution in [0.3, 0.4) is 0 Å². The Morgan fingerprint density at radius 1 is 0.345 bits per heavy atom. The fourth-order valence-corrected chi connectivity index (χ4v) is 9.88. The lowest BCUT2D eigenvalue weighted by atomic mass is 10.0. The highest BCUT2D eigenvalue weighted by atomic mass is 31.2. The van der Waals surface area contributed by atoms with E-state index < -0.39 is 57.8 Å². The van der Waals surface area contributed by atoms with Crippen molar-refractivity contribution >= 4 is 25.7 Å². The molecule has 0 aliphatic carbocycles. The summed E-state index contributed by atoms with van der Waals surface area (Å²) >= 11 is 0. The summed E-state index contributed by atoms with van der Waals surface area (Å²) in [5, 5.41) is 9.88. The van der Waals surface area contributed by atoms with Crippen LogP contribution in [0.4, 0.5) is 0 Å². The molecule has 0 aromatic carbocycles. The number of allylic oxidation sites excluding steroid dienone is 18.